The molecule has 0 radical (unpaired) electrons. The summed E-state index contributed by atoms with van der Waals surface area (Å²) in [6.45, 7) is 0. The molecule has 0 spiro atoms. The predicted molar refractivity (Wildman–Crippen MR) is 94.7 cm³/mol. The zero-order chi connectivity index (χ0) is 14.9. The molecule has 2 unspecified atom stereocenters. The van der Waals surface area contributed by atoms with Gasteiger partial charge in [-0.15, -0.1) is 23.5 Å². The maximum Gasteiger partial charge on any atom is 0.153 e. The van der Waals surface area contributed by atoms with E-state index in [-0.39, 0.29) is 0 Å². The van der Waals surface area contributed by atoms with Crippen molar-refractivity contribution in [2.75, 3.05) is 23.5 Å². The summed E-state index contributed by atoms with van der Waals surface area (Å²) in [5.74, 6) is 4.10. The molecule has 2 aromatic carbocycles. The largest absolute Gasteiger partial charge is 0.479 e. The van der Waals surface area contributed by atoms with Gasteiger partial charge in [0.05, 0.1) is 0 Å². The zero-order valence-corrected chi connectivity index (χ0v) is 13.9. The van der Waals surface area contributed by atoms with Crippen molar-refractivity contribution in [2.24, 2.45) is 0 Å². The summed E-state index contributed by atoms with van der Waals surface area (Å²) in [6.07, 6.45) is 0. The van der Waals surface area contributed by atoms with Gasteiger partial charge in [0.15, 0.2) is 10.9 Å². The van der Waals surface area contributed by atoms with Crippen LogP contribution in [0.4, 0.5) is 11.4 Å². The lowest BCUT2D eigenvalue weighted by molar-refractivity contribution is 0.335. The Labute approximate surface area is 139 Å². The molecule has 0 amide bonds. The second kappa shape index (κ2) is 5.97. The molecule has 0 bridgehead atoms. The number of rotatable bonds is 6. The Morgan fingerprint density at radius 2 is 1.14 bits per heavy atom. The number of hydrogen-bond acceptors (Lipinski definition) is 5. The van der Waals surface area contributed by atoms with E-state index in [1.807, 2.05) is 47.8 Å². The van der Waals surface area contributed by atoms with Crippen LogP contribution in [0.5, 0.6) is 11.5 Å². The number of anilines is 2. The Morgan fingerprint density at radius 3 is 1.45 bits per heavy atom. The summed E-state index contributed by atoms with van der Waals surface area (Å²) in [4.78, 5) is 2.16. The molecule has 2 saturated heterocycles. The summed E-state index contributed by atoms with van der Waals surface area (Å²) in [5.41, 5.74) is 3.01. The third-order valence-electron chi connectivity index (χ3n) is 3.59. The molecular weight excluding hydrogens is 314 g/mol. The van der Waals surface area contributed by atoms with Gasteiger partial charge >= 0.3 is 0 Å². The van der Waals surface area contributed by atoms with Crippen molar-refractivity contribution in [2.45, 2.75) is 10.9 Å². The Morgan fingerprint density at radius 1 is 0.773 bits per heavy atom. The van der Waals surface area contributed by atoms with Crippen LogP contribution in [-0.4, -0.2) is 29.4 Å². The zero-order valence-electron chi connectivity index (χ0n) is 12.3. The summed E-state index contributed by atoms with van der Waals surface area (Å²) < 4.78 is 11.5. The van der Waals surface area contributed by atoms with E-state index < -0.39 is 0 Å². The van der Waals surface area contributed by atoms with E-state index >= 15 is 0 Å². The van der Waals surface area contributed by atoms with E-state index in [1.165, 1.54) is 0 Å². The molecule has 2 aliphatic heterocycles. The quantitative estimate of drug-likeness (QED) is 0.731. The molecule has 2 aromatic rings. The minimum Gasteiger partial charge on any atom is -0.479 e. The third-order valence-corrected chi connectivity index (χ3v) is 4.99. The van der Waals surface area contributed by atoms with Gasteiger partial charge in [0.2, 0.25) is 0 Å². The van der Waals surface area contributed by atoms with Crippen LogP contribution in [0.3, 0.4) is 0 Å². The smallest absolute Gasteiger partial charge is 0.153 e. The summed E-state index contributed by atoms with van der Waals surface area (Å²) >= 11 is 3.67. The Balaban J connectivity index is 1.43. The predicted octanol–water partition coefficient (Wildman–Crippen LogP) is 4.36. The Hall–Kier alpha value is -1.46. The van der Waals surface area contributed by atoms with Crippen molar-refractivity contribution >= 4 is 34.9 Å². The van der Waals surface area contributed by atoms with Gasteiger partial charge in [-0.1, -0.05) is 0 Å². The summed E-state index contributed by atoms with van der Waals surface area (Å²) in [7, 11) is 2.07. The molecule has 2 fully saturated rings. The molecule has 4 rings (SSSR count). The molecule has 2 atom stereocenters. The number of hydrogen-bond donors (Lipinski definition) is 0. The highest BCUT2D eigenvalue weighted by atomic mass is 32.2. The van der Waals surface area contributed by atoms with Gasteiger partial charge in [-0.25, -0.2) is 0 Å². The maximum absolute atomic E-state index is 5.75. The molecule has 5 heteroatoms. The maximum atomic E-state index is 5.75. The van der Waals surface area contributed by atoms with Gasteiger partial charge in [0.1, 0.15) is 11.5 Å². The van der Waals surface area contributed by atoms with Gasteiger partial charge in [-0.3, -0.25) is 0 Å². The van der Waals surface area contributed by atoms with Crippen LogP contribution in [0, 0.1) is 0 Å². The number of benzene rings is 2. The fourth-order valence-corrected chi connectivity index (χ4v) is 2.82. The molecule has 2 aliphatic rings. The highest BCUT2D eigenvalue weighted by Crippen LogP contribution is 2.35. The molecule has 0 N–H and O–H groups in total. The first-order valence-corrected chi connectivity index (χ1v) is 9.38. The van der Waals surface area contributed by atoms with Crippen LogP contribution >= 0.6 is 23.5 Å². The van der Waals surface area contributed by atoms with Gasteiger partial charge in [-0.2, -0.15) is 0 Å². The lowest BCUT2D eigenvalue weighted by Gasteiger charge is -2.20. The first-order chi connectivity index (χ1) is 10.8. The van der Waals surface area contributed by atoms with Crippen molar-refractivity contribution < 1.29 is 9.47 Å². The molecule has 0 saturated carbocycles. The monoisotopic (exact) mass is 331 g/mol. The second-order valence-corrected chi connectivity index (χ2v) is 7.69. The average molecular weight is 331 g/mol. The van der Waals surface area contributed by atoms with Crippen molar-refractivity contribution in [3.8, 4) is 11.5 Å². The lowest BCUT2D eigenvalue weighted by atomic mass is 10.2. The fraction of sp³-hybridized carbons (Fsp3) is 0.294. The Bertz CT molecular complexity index is 579. The van der Waals surface area contributed by atoms with E-state index in [0.29, 0.717) is 10.9 Å². The average Bonchev–Trinajstić information content (AvgIpc) is 3.45. The normalized spacial score (nSPS) is 22.0. The molecule has 3 nitrogen and oxygen atoms in total. The lowest BCUT2D eigenvalue weighted by Crippen LogP contribution is -2.09. The van der Waals surface area contributed by atoms with Crippen LogP contribution in [0.15, 0.2) is 48.5 Å². The summed E-state index contributed by atoms with van der Waals surface area (Å²) in [5, 5.41) is 0. The first kappa shape index (κ1) is 14.2. The van der Waals surface area contributed by atoms with E-state index in [1.54, 1.807) is 0 Å². The van der Waals surface area contributed by atoms with Gasteiger partial charge < -0.3 is 14.4 Å². The molecule has 2 heterocycles. The van der Waals surface area contributed by atoms with E-state index in [0.717, 1.165) is 34.4 Å². The third kappa shape index (κ3) is 3.47. The second-order valence-electron chi connectivity index (χ2n) is 5.31. The molecular formula is C17H17NO2S2. The van der Waals surface area contributed by atoms with E-state index in [9.17, 15) is 0 Å². The Kier molecular flexibility index (Phi) is 3.84. The van der Waals surface area contributed by atoms with E-state index in [4.69, 9.17) is 9.47 Å². The standard InChI is InChI=1S/C17H17NO2S2/c1-18(12-2-6-14(7-3-12)19-16-10-21-16)13-4-8-15(9-5-13)20-17-11-22-17/h2-9,16-17H,10-11H2,1H3. The first-order valence-electron chi connectivity index (χ1n) is 7.28. The topological polar surface area (TPSA) is 21.7 Å². The van der Waals surface area contributed by atoms with Crippen LogP contribution in [0.25, 0.3) is 0 Å². The molecule has 22 heavy (non-hydrogen) atoms. The van der Waals surface area contributed by atoms with Crippen molar-refractivity contribution in [1.29, 1.82) is 0 Å². The fourth-order valence-electron chi connectivity index (χ4n) is 2.16. The molecule has 0 aliphatic carbocycles. The highest BCUT2D eigenvalue weighted by Gasteiger charge is 2.25. The van der Waals surface area contributed by atoms with Crippen LogP contribution in [0.2, 0.25) is 0 Å². The van der Waals surface area contributed by atoms with Gasteiger partial charge in [-0.05, 0) is 48.5 Å². The van der Waals surface area contributed by atoms with Crippen LogP contribution in [0.1, 0.15) is 0 Å². The van der Waals surface area contributed by atoms with Gasteiger partial charge in [0.25, 0.3) is 0 Å². The SMILES string of the molecule is CN(c1ccc(OC2CS2)cc1)c1ccc(OC2CS2)cc1. The highest BCUT2D eigenvalue weighted by molar-refractivity contribution is 8.06. The molecule has 114 valence electrons. The van der Waals surface area contributed by atoms with Crippen LogP contribution < -0.4 is 14.4 Å². The van der Waals surface area contributed by atoms with Crippen molar-refractivity contribution in [3.63, 3.8) is 0 Å². The van der Waals surface area contributed by atoms with Crippen LogP contribution in [-0.2, 0) is 0 Å². The van der Waals surface area contributed by atoms with Crippen molar-refractivity contribution in [3.05, 3.63) is 48.5 Å². The number of thioether (sulfide) groups is 2. The summed E-state index contributed by atoms with van der Waals surface area (Å²) in [6, 6.07) is 16.5. The van der Waals surface area contributed by atoms with Crippen molar-refractivity contribution in [1.82, 2.24) is 0 Å². The minimum atomic E-state index is 0.362. The number of nitrogens with zero attached hydrogens (tertiary/aromatic N) is 1. The van der Waals surface area contributed by atoms with E-state index in [2.05, 4.69) is 36.2 Å². The minimum absolute atomic E-state index is 0.362. The molecule has 0 aromatic heterocycles. The number of ether oxygens (including phenoxy) is 2. The van der Waals surface area contributed by atoms with Gasteiger partial charge in [0, 0.05) is 29.9 Å².